The summed E-state index contributed by atoms with van der Waals surface area (Å²) in [6, 6.07) is 0. The Kier molecular flexibility index (Phi) is 4.49. The van der Waals surface area contributed by atoms with Crippen molar-refractivity contribution in [3.8, 4) is 0 Å². The predicted octanol–water partition coefficient (Wildman–Crippen LogP) is 1.15. The molecule has 2 heterocycles. The Labute approximate surface area is 121 Å². The van der Waals surface area contributed by atoms with Gasteiger partial charge in [0.25, 0.3) is 0 Å². The fourth-order valence-electron chi connectivity index (χ4n) is 2.11. The van der Waals surface area contributed by atoms with Gasteiger partial charge in [0.05, 0.1) is 11.5 Å². The first-order valence-corrected chi connectivity index (χ1v) is 7.34. The van der Waals surface area contributed by atoms with E-state index in [1.165, 1.54) is 0 Å². The van der Waals surface area contributed by atoms with Crippen molar-refractivity contribution in [1.82, 2.24) is 10.3 Å². The van der Waals surface area contributed by atoms with E-state index in [4.69, 9.17) is 22.7 Å². The lowest BCUT2D eigenvalue weighted by molar-refractivity contribution is -0.131. The molecule has 0 aromatic carbocycles. The van der Waals surface area contributed by atoms with E-state index in [1.807, 2.05) is 6.92 Å². The number of nitrogens with zero attached hydrogens (tertiary/aromatic N) is 1. The summed E-state index contributed by atoms with van der Waals surface area (Å²) in [6.45, 7) is 3.43. The third-order valence-electron chi connectivity index (χ3n) is 3.32. The molecule has 104 valence electrons. The van der Waals surface area contributed by atoms with Crippen molar-refractivity contribution < 1.29 is 9.53 Å². The summed E-state index contributed by atoms with van der Waals surface area (Å²) in [4.78, 5) is 18.0. The molecule has 3 N–H and O–H groups in total. The van der Waals surface area contributed by atoms with Crippen molar-refractivity contribution in [2.45, 2.75) is 26.3 Å². The van der Waals surface area contributed by atoms with Crippen LogP contribution in [0.4, 0.5) is 0 Å². The van der Waals surface area contributed by atoms with Crippen molar-refractivity contribution in [3.05, 3.63) is 16.1 Å². The quantitative estimate of drug-likeness (QED) is 0.816. The van der Waals surface area contributed by atoms with Crippen LogP contribution in [0.15, 0.2) is 6.20 Å². The smallest absolute Gasteiger partial charge is 0.233 e. The first kappa shape index (κ1) is 14.4. The van der Waals surface area contributed by atoms with Crippen molar-refractivity contribution in [3.63, 3.8) is 0 Å². The third kappa shape index (κ3) is 3.10. The minimum Gasteiger partial charge on any atom is -0.392 e. The molecule has 5 nitrogen and oxygen atoms in total. The van der Waals surface area contributed by atoms with Gasteiger partial charge in [0.2, 0.25) is 5.91 Å². The number of nitrogens with one attached hydrogen (secondary N) is 1. The summed E-state index contributed by atoms with van der Waals surface area (Å²) in [7, 11) is 0. The average molecular weight is 299 g/mol. The molecule has 0 aliphatic carbocycles. The van der Waals surface area contributed by atoms with Gasteiger partial charge in [-0.15, -0.1) is 11.3 Å². The Balaban J connectivity index is 2.02. The van der Waals surface area contributed by atoms with Crippen molar-refractivity contribution in [2.75, 3.05) is 13.2 Å². The van der Waals surface area contributed by atoms with E-state index in [-0.39, 0.29) is 10.9 Å². The monoisotopic (exact) mass is 299 g/mol. The van der Waals surface area contributed by atoms with Crippen LogP contribution in [0.5, 0.6) is 0 Å². The Morgan fingerprint density at radius 3 is 2.84 bits per heavy atom. The second-order valence-electron chi connectivity index (χ2n) is 4.61. The molecule has 0 spiro atoms. The maximum absolute atomic E-state index is 12.4. The molecule has 0 bridgehead atoms. The molecule has 1 aromatic heterocycles. The zero-order chi connectivity index (χ0) is 13.9. The van der Waals surface area contributed by atoms with Crippen LogP contribution < -0.4 is 11.1 Å². The molecule has 0 radical (unpaired) electrons. The van der Waals surface area contributed by atoms with Crippen molar-refractivity contribution in [2.24, 2.45) is 11.1 Å². The summed E-state index contributed by atoms with van der Waals surface area (Å²) in [5.74, 6) is -0.115. The topological polar surface area (TPSA) is 77.2 Å². The molecule has 1 aromatic rings. The van der Waals surface area contributed by atoms with Gasteiger partial charge in [-0.3, -0.25) is 4.79 Å². The maximum atomic E-state index is 12.4. The maximum Gasteiger partial charge on any atom is 0.233 e. The number of carbonyl (C=O) groups excluding carboxylic acids is 1. The molecule has 0 unspecified atom stereocenters. The van der Waals surface area contributed by atoms with Crippen LogP contribution in [0, 0.1) is 12.3 Å². The average Bonchev–Trinajstić information content (AvgIpc) is 2.82. The normalized spacial score (nSPS) is 17.9. The van der Waals surface area contributed by atoms with Gasteiger partial charge in [-0.1, -0.05) is 12.2 Å². The number of amides is 1. The summed E-state index contributed by atoms with van der Waals surface area (Å²) < 4.78 is 5.29. The zero-order valence-corrected chi connectivity index (χ0v) is 12.4. The summed E-state index contributed by atoms with van der Waals surface area (Å²) >= 11 is 6.66. The lowest BCUT2D eigenvalue weighted by Crippen LogP contribution is -2.51. The predicted molar refractivity (Wildman–Crippen MR) is 78.0 cm³/mol. The highest BCUT2D eigenvalue weighted by Gasteiger charge is 2.42. The highest BCUT2D eigenvalue weighted by atomic mass is 32.1. The van der Waals surface area contributed by atoms with E-state index in [9.17, 15) is 4.79 Å². The van der Waals surface area contributed by atoms with Crippen LogP contribution in [0.25, 0.3) is 0 Å². The van der Waals surface area contributed by atoms with Crippen molar-refractivity contribution in [1.29, 1.82) is 0 Å². The number of ether oxygens (including phenoxy) is 1. The molecule has 7 heteroatoms. The second-order valence-corrected chi connectivity index (χ2v) is 6.37. The lowest BCUT2D eigenvalue weighted by Gasteiger charge is -2.34. The molecule has 0 atom stereocenters. The summed E-state index contributed by atoms with van der Waals surface area (Å²) in [5.41, 5.74) is 5.01. The molecule has 0 saturated carbocycles. The third-order valence-corrected chi connectivity index (χ3v) is 4.63. The van der Waals surface area contributed by atoms with Crippen LogP contribution >= 0.6 is 23.6 Å². The zero-order valence-electron chi connectivity index (χ0n) is 10.8. The van der Waals surface area contributed by atoms with Gasteiger partial charge in [0.15, 0.2) is 0 Å². The SMILES string of the molecule is Cc1cnc(CNC(=O)C2(C(N)=S)CCOCC2)s1. The van der Waals surface area contributed by atoms with E-state index in [1.54, 1.807) is 17.5 Å². The largest absolute Gasteiger partial charge is 0.392 e. The molecule has 1 saturated heterocycles. The number of thiazole rings is 1. The molecule has 1 fully saturated rings. The molecular formula is C12H17N3O2S2. The first-order chi connectivity index (χ1) is 9.04. The summed E-state index contributed by atoms with van der Waals surface area (Å²) in [6.07, 6.45) is 2.89. The first-order valence-electron chi connectivity index (χ1n) is 6.12. The number of thiocarbonyl (C=S) groups is 1. The van der Waals surface area contributed by atoms with Gasteiger partial charge in [-0.2, -0.15) is 0 Å². The molecule has 1 aliphatic rings. The van der Waals surface area contributed by atoms with E-state index in [0.717, 1.165) is 9.88 Å². The number of nitrogens with two attached hydrogens (primary N) is 1. The highest BCUT2D eigenvalue weighted by molar-refractivity contribution is 7.80. The number of hydrogen-bond acceptors (Lipinski definition) is 5. The molecule has 1 amide bonds. The van der Waals surface area contributed by atoms with Crippen LogP contribution in [0.3, 0.4) is 0 Å². The summed E-state index contributed by atoms with van der Waals surface area (Å²) in [5, 5.41) is 3.78. The number of aryl methyl sites for hydroxylation is 1. The number of rotatable bonds is 4. The van der Waals surface area contributed by atoms with E-state index < -0.39 is 5.41 Å². The van der Waals surface area contributed by atoms with E-state index in [0.29, 0.717) is 32.6 Å². The van der Waals surface area contributed by atoms with E-state index >= 15 is 0 Å². The Bertz CT molecular complexity index is 481. The number of hydrogen-bond donors (Lipinski definition) is 2. The van der Waals surface area contributed by atoms with Crippen LogP contribution in [0.2, 0.25) is 0 Å². The number of aromatic nitrogens is 1. The minimum absolute atomic E-state index is 0.115. The molecular weight excluding hydrogens is 282 g/mol. The molecule has 1 aliphatic heterocycles. The van der Waals surface area contributed by atoms with Gasteiger partial charge in [0.1, 0.15) is 10.4 Å². The fourth-order valence-corrected chi connectivity index (χ4v) is 3.14. The second kappa shape index (κ2) is 5.94. The minimum atomic E-state index is -0.764. The van der Waals surface area contributed by atoms with E-state index in [2.05, 4.69) is 10.3 Å². The fraction of sp³-hybridized carbons (Fsp3) is 0.583. The Morgan fingerprint density at radius 1 is 1.63 bits per heavy atom. The molecule has 19 heavy (non-hydrogen) atoms. The Hall–Kier alpha value is -1.05. The van der Waals surface area contributed by atoms with Gasteiger partial charge < -0.3 is 15.8 Å². The Morgan fingerprint density at radius 2 is 2.32 bits per heavy atom. The molecule has 2 rings (SSSR count). The van der Waals surface area contributed by atoms with Crippen molar-refractivity contribution >= 4 is 34.5 Å². The van der Waals surface area contributed by atoms with Crippen LogP contribution in [0.1, 0.15) is 22.7 Å². The van der Waals surface area contributed by atoms with Gasteiger partial charge in [-0.25, -0.2) is 4.98 Å². The highest BCUT2D eigenvalue weighted by Crippen LogP contribution is 2.31. The number of carbonyl (C=O) groups is 1. The van der Waals surface area contributed by atoms with Gasteiger partial charge in [-0.05, 0) is 19.8 Å². The van der Waals surface area contributed by atoms with Crippen LogP contribution in [-0.2, 0) is 16.1 Å². The standard InChI is InChI=1S/C12H17N3O2S2/c1-8-6-14-9(19-8)7-15-11(16)12(10(13)18)2-4-17-5-3-12/h6H,2-5,7H2,1H3,(H2,13,18)(H,15,16). The van der Waals surface area contributed by atoms with Gasteiger partial charge >= 0.3 is 0 Å². The lowest BCUT2D eigenvalue weighted by atomic mass is 9.79. The van der Waals surface area contributed by atoms with Crippen LogP contribution in [-0.4, -0.2) is 29.1 Å². The van der Waals surface area contributed by atoms with Gasteiger partial charge in [0, 0.05) is 24.3 Å².